The van der Waals surface area contributed by atoms with Gasteiger partial charge in [-0.1, -0.05) is 6.92 Å². The van der Waals surface area contributed by atoms with Crippen molar-refractivity contribution in [2.75, 3.05) is 13.7 Å². The van der Waals surface area contributed by atoms with Gasteiger partial charge in [-0.05, 0) is 26.7 Å². The van der Waals surface area contributed by atoms with Gasteiger partial charge in [-0.2, -0.15) is 0 Å². The maximum Gasteiger partial charge on any atom is 0.322 e. The first-order valence-electron chi connectivity index (χ1n) is 4.90. The van der Waals surface area contributed by atoms with Crippen LogP contribution < -0.4 is 5.73 Å². The standard InChI is InChI=1S/C10H21NO3/c1-5-10(2,3)14-7-6-8(11)9(12)13-4/h8H,5-7,11H2,1-4H3. The minimum Gasteiger partial charge on any atom is -0.468 e. The van der Waals surface area contributed by atoms with E-state index in [1.807, 2.05) is 13.8 Å². The van der Waals surface area contributed by atoms with Crippen molar-refractivity contribution >= 4 is 5.97 Å². The number of nitrogens with two attached hydrogens (primary N) is 1. The SMILES string of the molecule is CCC(C)(C)OCCC(N)C(=O)OC. The molecule has 0 aliphatic rings. The molecule has 0 aliphatic carbocycles. The van der Waals surface area contributed by atoms with Gasteiger partial charge in [0.15, 0.2) is 0 Å². The first-order valence-corrected chi connectivity index (χ1v) is 4.90. The van der Waals surface area contributed by atoms with Crippen LogP contribution >= 0.6 is 0 Å². The van der Waals surface area contributed by atoms with Crippen molar-refractivity contribution < 1.29 is 14.3 Å². The van der Waals surface area contributed by atoms with Gasteiger partial charge in [0, 0.05) is 6.61 Å². The average Bonchev–Trinajstić information content (AvgIpc) is 2.16. The Labute approximate surface area is 85.8 Å². The normalized spacial score (nSPS) is 13.8. The van der Waals surface area contributed by atoms with Crippen LogP contribution in [0.4, 0.5) is 0 Å². The van der Waals surface area contributed by atoms with E-state index < -0.39 is 6.04 Å². The number of carbonyl (C=O) groups is 1. The second-order valence-electron chi connectivity index (χ2n) is 3.88. The smallest absolute Gasteiger partial charge is 0.322 e. The molecule has 0 bridgehead atoms. The number of esters is 1. The van der Waals surface area contributed by atoms with Gasteiger partial charge in [0.2, 0.25) is 0 Å². The Hall–Kier alpha value is -0.610. The zero-order valence-corrected chi connectivity index (χ0v) is 9.50. The maximum atomic E-state index is 10.9. The third-order valence-electron chi connectivity index (χ3n) is 2.28. The molecule has 0 spiro atoms. The van der Waals surface area contributed by atoms with Gasteiger partial charge in [-0.15, -0.1) is 0 Å². The van der Waals surface area contributed by atoms with Gasteiger partial charge in [-0.25, -0.2) is 0 Å². The molecule has 1 atom stereocenters. The average molecular weight is 203 g/mol. The van der Waals surface area contributed by atoms with Crippen LogP contribution in [0.3, 0.4) is 0 Å². The third-order valence-corrected chi connectivity index (χ3v) is 2.28. The van der Waals surface area contributed by atoms with E-state index in [2.05, 4.69) is 11.7 Å². The molecule has 0 aromatic heterocycles. The molecule has 4 heteroatoms. The molecule has 4 nitrogen and oxygen atoms in total. The highest BCUT2D eigenvalue weighted by molar-refractivity contribution is 5.75. The fraction of sp³-hybridized carbons (Fsp3) is 0.900. The predicted octanol–water partition coefficient (Wildman–Crippen LogP) is 1.08. The Morgan fingerprint density at radius 1 is 1.50 bits per heavy atom. The number of hydrogen-bond donors (Lipinski definition) is 1. The van der Waals surface area contributed by atoms with Crippen molar-refractivity contribution in [2.24, 2.45) is 5.73 Å². The molecule has 0 heterocycles. The van der Waals surface area contributed by atoms with Gasteiger partial charge < -0.3 is 15.2 Å². The molecule has 0 aromatic carbocycles. The van der Waals surface area contributed by atoms with E-state index in [0.717, 1.165) is 6.42 Å². The van der Waals surface area contributed by atoms with Crippen molar-refractivity contribution in [1.82, 2.24) is 0 Å². The summed E-state index contributed by atoms with van der Waals surface area (Å²) in [6, 6.07) is -0.576. The van der Waals surface area contributed by atoms with E-state index in [4.69, 9.17) is 10.5 Å². The Morgan fingerprint density at radius 2 is 2.07 bits per heavy atom. The number of ether oxygens (including phenoxy) is 2. The van der Waals surface area contributed by atoms with Crippen molar-refractivity contribution in [3.8, 4) is 0 Å². The van der Waals surface area contributed by atoms with Crippen LogP contribution in [-0.2, 0) is 14.3 Å². The molecule has 0 saturated heterocycles. The Balaban J connectivity index is 3.69. The van der Waals surface area contributed by atoms with Gasteiger partial charge in [0.05, 0.1) is 12.7 Å². The van der Waals surface area contributed by atoms with Crippen LogP contribution in [0.5, 0.6) is 0 Å². The molecule has 0 rings (SSSR count). The molecule has 84 valence electrons. The van der Waals surface area contributed by atoms with E-state index in [9.17, 15) is 4.79 Å². The molecule has 14 heavy (non-hydrogen) atoms. The van der Waals surface area contributed by atoms with E-state index in [1.165, 1.54) is 7.11 Å². The molecule has 0 radical (unpaired) electrons. The lowest BCUT2D eigenvalue weighted by atomic mass is 10.1. The Kier molecular flexibility index (Phi) is 5.72. The van der Waals surface area contributed by atoms with Crippen molar-refractivity contribution in [1.29, 1.82) is 0 Å². The van der Waals surface area contributed by atoms with E-state index in [-0.39, 0.29) is 11.6 Å². The van der Waals surface area contributed by atoms with E-state index in [0.29, 0.717) is 13.0 Å². The van der Waals surface area contributed by atoms with Crippen LogP contribution in [0.2, 0.25) is 0 Å². The molecule has 0 amide bonds. The first kappa shape index (κ1) is 13.4. The minimum absolute atomic E-state index is 0.143. The summed E-state index contributed by atoms with van der Waals surface area (Å²) in [6.07, 6.45) is 1.43. The van der Waals surface area contributed by atoms with E-state index in [1.54, 1.807) is 0 Å². The minimum atomic E-state index is -0.576. The number of rotatable bonds is 6. The van der Waals surface area contributed by atoms with Gasteiger partial charge in [-0.3, -0.25) is 4.79 Å². The molecule has 0 fully saturated rings. The first-order chi connectivity index (χ1) is 6.43. The fourth-order valence-electron chi connectivity index (χ4n) is 0.833. The summed E-state index contributed by atoms with van der Waals surface area (Å²) in [5, 5.41) is 0. The summed E-state index contributed by atoms with van der Waals surface area (Å²) in [5.41, 5.74) is 5.40. The molecule has 1 unspecified atom stereocenters. The summed E-state index contributed by atoms with van der Waals surface area (Å²) in [6.45, 7) is 6.56. The highest BCUT2D eigenvalue weighted by atomic mass is 16.5. The highest BCUT2D eigenvalue weighted by Crippen LogP contribution is 2.13. The summed E-state index contributed by atoms with van der Waals surface area (Å²) in [7, 11) is 1.33. The van der Waals surface area contributed by atoms with Gasteiger partial charge >= 0.3 is 5.97 Å². The zero-order chi connectivity index (χ0) is 11.2. The largest absolute Gasteiger partial charge is 0.468 e. The van der Waals surface area contributed by atoms with Crippen LogP contribution in [-0.4, -0.2) is 31.3 Å². The van der Waals surface area contributed by atoms with Crippen LogP contribution in [0.1, 0.15) is 33.6 Å². The molecule has 0 aromatic rings. The van der Waals surface area contributed by atoms with E-state index >= 15 is 0 Å². The lowest BCUT2D eigenvalue weighted by Crippen LogP contribution is -2.34. The Bertz CT molecular complexity index is 180. The second-order valence-corrected chi connectivity index (χ2v) is 3.88. The zero-order valence-electron chi connectivity index (χ0n) is 9.50. The topological polar surface area (TPSA) is 61.5 Å². The Morgan fingerprint density at radius 3 is 2.50 bits per heavy atom. The summed E-state index contributed by atoms with van der Waals surface area (Å²) >= 11 is 0. The third kappa shape index (κ3) is 5.19. The monoisotopic (exact) mass is 203 g/mol. The summed E-state index contributed by atoms with van der Waals surface area (Å²) in [4.78, 5) is 10.9. The molecule has 2 N–H and O–H groups in total. The molecular formula is C10H21NO3. The van der Waals surface area contributed by atoms with Crippen molar-refractivity contribution in [2.45, 2.75) is 45.3 Å². The van der Waals surface area contributed by atoms with Crippen LogP contribution in [0.25, 0.3) is 0 Å². The number of methoxy groups -OCH3 is 1. The van der Waals surface area contributed by atoms with Crippen LogP contribution in [0.15, 0.2) is 0 Å². The predicted molar refractivity (Wildman–Crippen MR) is 54.9 cm³/mol. The van der Waals surface area contributed by atoms with Gasteiger partial charge in [0.1, 0.15) is 6.04 Å². The van der Waals surface area contributed by atoms with Gasteiger partial charge in [0.25, 0.3) is 0 Å². The maximum absolute atomic E-state index is 10.9. The highest BCUT2D eigenvalue weighted by Gasteiger charge is 2.18. The van der Waals surface area contributed by atoms with Crippen LogP contribution in [0, 0.1) is 0 Å². The van der Waals surface area contributed by atoms with Crippen molar-refractivity contribution in [3.63, 3.8) is 0 Å². The van der Waals surface area contributed by atoms with Crippen molar-refractivity contribution in [3.05, 3.63) is 0 Å². The summed E-state index contributed by atoms with van der Waals surface area (Å²) in [5.74, 6) is -0.386. The lowest BCUT2D eigenvalue weighted by Gasteiger charge is -2.24. The lowest BCUT2D eigenvalue weighted by molar-refractivity contribution is -0.143. The molecule has 0 saturated carbocycles. The number of hydrogen-bond acceptors (Lipinski definition) is 4. The number of carbonyl (C=O) groups excluding carboxylic acids is 1. The second kappa shape index (κ2) is 5.98. The molecule has 0 aliphatic heterocycles. The molecular weight excluding hydrogens is 182 g/mol. The fourth-order valence-corrected chi connectivity index (χ4v) is 0.833. The quantitative estimate of drug-likeness (QED) is 0.656. The summed E-state index contributed by atoms with van der Waals surface area (Å²) < 4.78 is 10.1.